The van der Waals surface area contributed by atoms with Gasteiger partial charge in [-0.15, -0.1) is 0 Å². The number of nitrogens with two attached hydrogens (primary N) is 1. The number of aryl methyl sites for hydroxylation is 1. The topological polar surface area (TPSA) is 43.8 Å². The van der Waals surface area contributed by atoms with E-state index in [9.17, 15) is 4.39 Å². The first-order chi connectivity index (χ1) is 9.63. The molecular formula is C15H21FIN3. The van der Waals surface area contributed by atoms with Crippen molar-refractivity contribution in [2.24, 2.45) is 0 Å². The largest absolute Gasteiger partial charge is 0.369 e. The van der Waals surface area contributed by atoms with Crippen LogP contribution in [0.15, 0.2) is 12.1 Å². The molecule has 0 fully saturated rings. The van der Waals surface area contributed by atoms with E-state index in [0.717, 1.165) is 24.0 Å². The minimum Gasteiger partial charge on any atom is -0.369 e. The molecule has 2 rings (SSSR count). The second kappa shape index (κ2) is 7.24. The van der Waals surface area contributed by atoms with Gasteiger partial charge in [-0.3, -0.25) is 0 Å². The van der Waals surface area contributed by atoms with Crippen LogP contribution in [0.5, 0.6) is 0 Å². The van der Waals surface area contributed by atoms with E-state index in [2.05, 4.69) is 11.9 Å². The van der Waals surface area contributed by atoms with Crippen LogP contribution in [0.4, 0.5) is 10.3 Å². The number of nitrogens with zero attached hydrogens (tertiary/aromatic N) is 2. The molecule has 0 radical (unpaired) electrons. The maximum absolute atomic E-state index is 13.7. The van der Waals surface area contributed by atoms with Crippen LogP contribution in [0.2, 0.25) is 0 Å². The molecule has 0 saturated carbocycles. The van der Waals surface area contributed by atoms with E-state index in [1.54, 1.807) is 6.07 Å². The number of unbranched alkanes of at least 4 members (excludes halogenated alkanes) is 5. The van der Waals surface area contributed by atoms with Gasteiger partial charge in [0, 0.05) is 12.6 Å². The Kier molecular flexibility index (Phi) is 5.63. The maximum atomic E-state index is 13.7. The molecule has 0 aliphatic carbocycles. The van der Waals surface area contributed by atoms with E-state index in [-0.39, 0.29) is 5.82 Å². The van der Waals surface area contributed by atoms with Crippen LogP contribution in [0.3, 0.4) is 0 Å². The van der Waals surface area contributed by atoms with Gasteiger partial charge in [0.15, 0.2) is 0 Å². The first-order valence-electron chi connectivity index (χ1n) is 7.24. The summed E-state index contributed by atoms with van der Waals surface area (Å²) in [7, 11) is 0. The van der Waals surface area contributed by atoms with Crippen LogP contribution in [0, 0.1) is 9.39 Å². The van der Waals surface area contributed by atoms with E-state index in [4.69, 9.17) is 5.73 Å². The lowest BCUT2D eigenvalue weighted by molar-refractivity contribution is 0.566. The van der Waals surface area contributed by atoms with E-state index >= 15 is 0 Å². The van der Waals surface area contributed by atoms with E-state index in [1.807, 2.05) is 27.2 Å². The predicted molar refractivity (Wildman–Crippen MR) is 90.2 cm³/mol. The lowest BCUT2D eigenvalue weighted by Gasteiger charge is -2.06. The van der Waals surface area contributed by atoms with Gasteiger partial charge in [-0.05, 0) is 35.1 Å². The molecular weight excluding hydrogens is 368 g/mol. The average molecular weight is 389 g/mol. The highest BCUT2D eigenvalue weighted by molar-refractivity contribution is 14.1. The van der Waals surface area contributed by atoms with Crippen LogP contribution >= 0.6 is 22.6 Å². The Balaban J connectivity index is 2.02. The smallest absolute Gasteiger partial charge is 0.201 e. The van der Waals surface area contributed by atoms with Crippen molar-refractivity contribution in [1.29, 1.82) is 0 Å². The van der Waals surface area contributed by atoms with Crippen LogP contribution in [-0.2, 0) is 6.54 Å². The van der Waals surface area contributed by atoms with Gasteiger partial charge >= 0.3 is 0 Å². The fraction of sp³-hybridized carbons (Fsp3) is 0.533. The standard InChI is InChI=1S/C15H21FIN3/c1-2-3-4-5-6-7-8-20-14-9-11(16)12(17)10-13(14)19-15(20)18/h9-10H,2-8H2,1H3,(H2,18,19). The summed E-state index contributed by atoms with van der Waals surface area (Å²) >= 11 is 1.98. The number of hydrogen-bond acceptors (Lipinski definition) is 2. The summed E-state index contributed by atoms with van der Waals surface area (Å²) in [4.78, 5) is 4.31. The summed E-state index contributed by atoms with van der Waals surface area (Å²) in [6, 6.07) is 3.29. The molecule has 20 heavy (non-hydrogen) atoms. The van der Waals surface area contributed by atoms with Gasteiger partial charge in [-0.1, -0.05) is 39.0 Å². The molecule has 2 N–H and O–H groups in total. The minimum absolute atomic E-state index is 0.206. The number of halogens is 2. The zero-order chi connectivity index (χ0) is 14.5. The number of benzene rings is 1. The van der Waals surface area contributed by atoms with Crippen molar-refractivity contribution < 1.29 is 4.39 Å². The van der Waals surface area contributed by atoms with Crippen LogP contribution in [-0.4, -0.2) is 9.55 Å². The fourth-order valence-electron chi connectivity index (χ4n) is 2.42. The first-order valence-corrected chi connectivity index (χ1v) is 8.32. The van der Waals surface area contributed by atoms with Crippen molar-refractivity contribution >= 4 is 39.6 Å². The number of rotatable bonds is 7. The van der Waals surface area contributed by atoms with Crippen molar-refractivity contribution in [3.63, 3.8) is 0 Å². The Morgan fingerprint density at radius 1 is 1.20 bits per heavy atom. The molecule has 0 bridgehead atoms. The predicted octanol–water partition coefficient (Wildman–Crippen LogP) is 4.72. The number of imidazole rings is 1. The van der Waals surface area contributed by atoms with Gasteiger partial charge in [-0.2, -0.15) is 0 Å². The van der Waals surface area contributed by atoms with E-state index in [1.165, 1.54) is 38.2 Å². The molecule has 1 aromatic carbocycles. The highest BCUT2D eigenvalue weighted by Gasteiger charge is 2.11. The van der Waals surface area contributed by atoms with Gasteiger partial charge < -0.3 is 10.3 Å². The molecule has 0 aliphatic heterocycles. The molecule has 0 amide bonds. The number of fused-ring (bicyclic) bond motifs is 1. The van der Waals surface area contributed by atoms with Gasteiger partial charge in [0.1, 0.15) is 5.82 Å². The lowest BCUT2D eigenvalue weighted by Crippen LogP contribution is -2.03. The van der Waals surface area contributed by atoms with Crippen LogP contribution in [0.1, 0.15) is 45.4 Å². The molecule has 2 aromatic rings. The summed E-state index contributed by atoms with van der Waals surface area (Å²) in [5, 5.41) is 0. The quantitative estimate of drug-likeness (QED) is 0.550. The van der Waals surface area contributed by atoms with Crippen molar-refractivity contribution in [3.8, 4) is 0 Å². The highest BCUT2D eigenvalue weighted by Crippen LogP contribution is 2.23. The average Bonchev–Trinajstić information content (AvgIpc) is 2.70. The second-order valence-corrected chi connectivity index (χ2v) is 6.31. The molecule has 0 atom stereocenters. The van der Waals surface area contributed by atoms with E-state index < -0.39 is 0 Å². The molecule has 0 aliphatic rings. The molecule has 110 valence electrons. The van der Waals surface area contributed by atoms with Crippen molar-refractivity contribution in [3.05, 3.63) is 21.5 Å². The molecule has 1 aromatic heterocycles. The van der Waals surface area contributed by atoms with Gasteiger partial charge in [0.25, 0.3) is 0 Å². The zero-order valence-electron chi connectivity index (χ0n) is 11.8. The van der Waals surface area contributed by atoms with Crippen LogP contribution in [0.25, 0.3) is 11.0 Å². The molecule has 5 heteroatoms. The normalized spacial score (nSPS) is 11.3. The summed E-state index contributed by atoms with van der Waals surface area (Å²) < 4.78 is 16.2. The highest BCUT2D eigenvalue weighted by atomic mass is 127. The fourth-order valence-corrected chi connectivity index (χ4v) is 2.87. The monoisotopic (exact) mass is 389 g/mol. The van der Waals surface area contributed by atoms with Crippen molar-refractivity contribution in [2.75, 3.05) is 5.73 Å². The Hall–Kier alpha value is -0.850. The summed E-state index contributed by atoms with van der Waals surface area (Å²) in [5.41, 5.74) is 7.52. The van der Waals surface area contributed by atoms with E-state index in [0.29, 0.717) is 9.52 Å². The van der Waals surface area contributed by atoms with Gasteiger partial charge in [0.2, 0.25) is 5.95 Å². The Morgan fingerprint density at radius 2 is 1.90 bits per heavy atom. The number of hydrogen-bond donors (Lipinski definition) is 1. The molecule has 0 saturated heterocycles. The summed E-state index contributed by atoms with van der Waals surface area (Å²) in [6.45, 7) is 3.03. The Labute approximate surface area is 132 Å². The maximum Gasteiger partial charge on any atom is 0.201 e. The van der Waals surface area contributed by atoms with Crippen LogP contribution < -0.4 is 5.73 Å². The Bertz CT molecular complexity index is 580. The molecule has 0 unspecified atom stereocenters. The summed E-state index contributed by atoms with van der Waals surface area (Å²) in [5.74, 6) is 0.275. The lowest BCUT2D eigenvalue weighted by atomic mass is 10.1. The Morgan fingerprint density at radius 3 is 2.65 bits per heavy atom. The first kappa shape index (κ1) is 15.5. The number of nitrogen functional groups attached to an aromatic ring is 1. The second-order valence-electron chi connectivity index (χ2n) is 5.14. The number of aromatic nitrogens is 2. The van der Waals surface area contributed by atoms with Crippen molar-refractivity contribution in [1.82, 2.24) is 9.55 Å². The molecule has 1 heterocycles. The minimum atomic E-state index is -0.206. The van der Waals surface area contributed by atoms with Crippen molar-refractivity contribution in [2.45, 2.75) is 52.0 Å². The van der Waals surface area contributed by atoms with Gasteiger partial charge in [-0.25, -0.2) is 9.37 Å². The molecule has 3 nitrogen and oxygen atoms in total. The third kappa shape index (κ3) is 3.62. The third-order valence-electron chi connectivity index (χ3n) is 3.56. The molecule has 0 spiro atoms. The SMILES string of the molecule is CCCCCCCCn1c(N)nc2cc(I)c(F)cc21. The zero-order valence-corrected chi connectivity index (χ0v) is 14.0. The summed E-state index contributed by atoms with van der Waals surface area (Å²) in [6.07, 6.45) is 7.37. The third-order valence-corrected chi connectivity index (χ3v) is 4.38. The number of anilines is 1. The van der Waals surface area contributed by atoms with Gasteiger partial charge in [0.05, 0.1) is 14.6 Å².